The Hall–Kier alpha value is -2.02. The first-order valence-corrected chi connectivity index (χ1v) is 8.13. The van der Waals surface area contributed by atoms with E-state index in [4.69, 9.17) is 4.74 Å². The summed E-state index contributed by atoms with van der Waals surface area (Å²) < 4.78 is 5.23. The molecule has 1 aliphatic rings. The van der Waals surface area contributed by atoms with E-state index in [0.29, 0.717) is 0 Å². The van der Waals surface area contributed by atoms with E-state index in [9.17, 15) is 0 Å². The molecule has 0 heterocycles. The third-order valence-electron chi connectivity index (χ3n) is 4.58. The molecule has 1 heteroatoms. The summed E-state index contributed by atoms with van der Waals surface area (Å²) in [6.07, 6.45) is 7.27. The first-order valence-electron chi connectivity index (χ1n) is 8.13. The lowest BCUT2D eigenvalue weighted by Crippen LogP contribution is -2.09. The molecule has 0 aliphatic heterocycles. The molecular weight excluding hydrogens is 268 g/mol. The monoisotopic (exact) mass is 292 g/mol. The molecule has 0 fully saturated rings. The van der Waals surface area contributed by atoms with Crippen LogP contribution < -0.4 is 4.74 Å². The SMILES string of the molecule is COc1ccc(CC2CCC=C(c3ccc(C)cc3)C2)cc1. The second kappa shape index (κ2) is 6.83. The van der Waals surface area contributed by atoms with Gasteiger partial charge in [0.2, 0.25) is 0 Å². The number of hydrogen-bond donors (Lipinski definition) is 0. The Bertz CT molecular complexity index is 635. The topological polar surface area (TPSA) is 9.23 Å². The van der Waals surface area contributed by atoms with E-state index in [0.717, 1.165) is 18.1 Å². The summed E-state index contributed by atoms with van der Waals surface area (Å²) in [5, 5.41) is 0. The minimum Gasteiger partial charge on any atom is -0.497 e. The number of ether oxygens (including phenoxy) is 1. The average Bonchev–Trinajstić information content (AvgIpc) is 2.56. The van der Waals surface area contributed by atoms with Crippen LogP contribution in [0.15, 0.2) is 54.6 Å². The second-order valence-corrected chi connectivity index (χ2v) is 6.30. The fourth-order valence-corrected chi connectivity index (χ4v) is 3.26. The van der Waals surface area contributed by atoms with Gasteiger partial charge >= 0.3 is 0 Å². The smallest absolute Gasteiger partial charge is 0.118 e. The Kier molecular flexibility index (Phi) is 4.62. The van der Waals surface area contributed by atoms with E-state index in [1.54, 1.807) is 7.11 Å². The molecule has 1 unspecified atom stereocenters. The first-order chi connectivity index (χ1) is 10.7. The summed E-state index contributed by atoms with van der Waals surface area (Å²) in [4.78, 5) is 0. The summed E-state index contributed by atoms with van der Waals surface area (Å²) in [6.45, 7) is 2.14. The summed E-state index contributed by atoms with van der Waals surface area (Å²) in [5.41, 5.74) is 5.65. The zero-order valence-electron chi connectivity index (χ0n) is 13.5. The van der Waals surface area contributed by atoms with E-state index < -0.39 is 0 Å². The van der Waals surface area contributed by atoms with E-state index in [1.807, 2.05) is 0 Å². The first kappa shape index (κ1) is 14.9. The van der Waals surface area contributed by atoms with Gasteiger partial charge in [-0.15, -0.1) is 0 Å². The van der Waals surface area contributed by atoms with Crippen molar-refractivity contribution in [1.29, 1.82) is 0 Å². The normalized spacial score (nSPS) is 17.9. The van der Waals surface area contributed by atoms with E-state index >= 15 is 0 Å². The predicted octanol–water partition coefficient (Wildman–Crippen LogP) is 5.43. The van der Waals surface area contributed by atoms with Crippen molar-refractivity contribution in [3.05, 3.63) is 71.3 Å². The van der Waals surface area contributed by atoms with Crippen molar-refractivity contribution in [3.8, 4) is 5.75 Å². The van der Waals surface area contributed by atoms with Crippen molar-refractivity contribution in [3.63, 3.8) is 0 Å². The number of aryl methyl sites for hydroxylation is 1. The maximum atomic E-state index is 5.23. The number of rotatable bonds is 4. The highest BCUT2D eigenvalue weighted by molar-refractivity contribution is 5.66. The van der Waals surface area contributed by atoms with E-state index in [1.165, 1.54) is 41.5 Å². The van der Waals surface area contributed by atoms with Gasteiger partial charge in [-0.05, 0) is 67.4 Å². The molecule has 0 amide bonds. The summed E-state index contributed by atoms with van der Waals surface area (Å²) in [7, 11) is 1.72. The van der Waals surface area contributed by atoms with Crippen LogP contribution in [0.1, 0.15) is 36.0 Å². The van der Waals surface area contributed by atoms with Crippen LogP contribution in [0.5, 0.6) is 5.75 Å². The fraction of sp³-hybridized carbons (Fsp3) is 0.333. The molecule has 1 aliphatic carbocycles. The Morgan fingerprint density at radius 1 is 1.00 bits per heavy atom. The molecule has 0 saturated carbocycles. The highest BCUT2D eigenvalue weighted by atomic mass is 16.5. The van der Waals surface area contributed by atoms with Crippen LogP contribution in [0.4, 0.5) is 0 Å². The molecule has 0 bridgehead atoms. The summed E-state index contributed by atoms with van der Waals surface area (Å²) >= 11 is 0. The molecule has 3 rings (SSSR count). The maximum absolute atomic E-state index is 5.23. The molecule has 114 valence electrons. The molecular formula is C21H24O. The van der Waals surface area contributed by atoms with Crippen LogP contribution in [0.3, 0.4) is 0 Å². The quantitative estimate of drug-likeness (QED) is 0.730. The minimum atomic E-state index is 0.745. The van der Waals surface area contributed by atoms with Gasteiger partial charge in [-0.1, -0.05) is 48.0 Å². The fourth-order valence-electron chi connectivity index (χ4n) is 3.26. The zero-order valence-corrected chi connectivity index (χ0v) is 13.5. The number of allylic oxidation sites excluding steroid dienone is 2. The van der Waals surface area contributed by atoms with Crippen LogP contribution in [-0.2, 0) is 6.42 Å². The lowest BCUT2D eigenvalue weighted by molar-refractivity contribution is 0.414. The van der Waals surface area contributed by atoms with Gasteiger partial charge in [0, 0.05) is 0 Å². The Morgan fingerprint density at radius 3 is 2.41 bits per heavy atom. The van der Waals surface area contributed by atoms with Crippen LogP contribution in [0.2, 0.25) is 0 Å². The number of hydrogen-bond acceptors (Lipinski definition) is 1. The maximum Gasteiger partial charge on any atom is 0.118 e. The predicted molar refractivity (Wildman–Crippen MR) is 93.2 cm³/mol. The summed E-state index contributed by atoms with van der Waals surface area (Å²) in [6, 6.07) is 17.5. The van der Waals surface area contributed by atoms with Gasteiger partial charge < -0.3 is 4.74 Å². The van der Waals surface area contributed by atoms with Gasteiger partial charge in [0.15, 0.2) is 0 Å². The van der Waals surface area contributed by atoms with Crippen LogP contribution in [0, 0.1) is 12.8 Å². The largest absolute Gasteiger partial charge is 0.497 e. The standard InChI is InChI=1S/C21H24O/c1-16-6-10-19(11-7-16)20-5-3-4-18(15-20)14-17-8-12-21(22-2)13-9-17/h5-13,18H,3-4,14-15H2,1-2H3. The van der Waals surface area contributed by atoms with Gasteiger partial charge in [0.25, 0.3) is 0 Å². The molecule has 0 aromatic heterocycles. The Morgan fingerprint density at radius 2 is 1.73 bits per heavy atom. The van der Waals surface area contributed by atoms with E-state index in [2.05, 4.69) is 61.5 Å². The van der Waals surface area contributed by atoms with Crippen LogP contribution >= 0.6 is 0 Å². The van der Waals surface area contributed by atoms with Gasteiger partial charge in [-0.2, -0.15) is 0 Å². The van der Waals surface area contributed by atoms with Crippen molar-refractivity contribution in [2.75, 3.05) is 7.11 Å². The van der Waals surface area contributed by atoms with Gasteiger partial charge in [-0.25, -0.2) is 0 Å². The van der Waals surface area contributed by atoms with Crippen molar-refractivity contribution < 1.29 is 4.74 Å². The lowest BCUT2D eigenvalue weighted by Gasteiger charge is -2.23. The molecule has 0 N–H and O–H groups in total. The molecule has 1 nitrogen and oxygen atoms in total. The highest BCUT2D eigenvalue weighted by Crippen LogP contribution is 2.33. The summed E-state index contributed by atoms with van der Waals surface area (Å²) in [5.74, 6) is 1.68. The van der Waals surface area contributed by atoms with Crippen LogP contribution in [-0.4, -0.2) is 7.11 Å². The number of benzene rings is 2. The van der Waals surface area contributed by atoms with Gasteiger partial charge in [0.05, 0.1) is 7.11 Å². The van der Waals surface area contributed by atoms with Crippen molar-refractivity contribution in [1.82, 2.24) is 0 Å². The Balaban J connectivity index is 1.66. The average molecular weight is 292 g/mol. The molecule has 2 aromatic carbocycles. The second-order valence-electron chi connectivity index (χ2n) is 6.30. The molecule has 1 atom stereocenters. The van der Waals surface area contributed by atoms with Gasteiger partial charge in [0.1, 0.15) is 5.75 Å². The van der Waals surface area contributed by atoms with Gasteiger partial charge in [-0.3, -0.25) is 0 Å². The van der Waals surface area contributed by atoms with Crippen molar-refractivity contribution >= 4 is 5.57 Å². The molecule has 2 aromatic rings. The zero-order chi connectivity index (χ0) is 15.4. The molecule has 0 saturated heterocycles. The number of methoxy groups -OCH3 is 1. The Labute approximate surface area is 133 Å². The third-order valence-corrected chi connectivity index (χ3v) is 4.58. The van der Waals surface area contributed by atoms with Crippen molar-refractivity contribution in [2.45, 2.75) is 32.6 Å². The molecule has 22 heavy (non-hydrogen) atoms. The molecule has 0 radical (unpaired) electrons. The third kappa shape index (κ3) is 3.59. The minimum absolute atomic E-state index is 0.745. The van der Waals surface area contributed by atoms with Crippen molar-refractivity contribution in [2.24, 2.45) is 5.92 Å². The highest BCUT2D eigenvalue weighted by Gasteiger charge is 2.17. The van der Waals surface area contributed by atoms with E-state index in [-0.39, 0.29) is 0 Å². The molecule has 0 spiro atoms. The lowest BCUT2D eigenvalue weighted by atomic mass is 9.82. The van der Waals surface area contributed by atoms with Crippen LogP contribution in [0.25, 0.3) is 5.57 Å².